The van der Waals surface area contributed by atoms with E-state index in [0.29, 0.717) is 5.39 Å². The second-order valence-corrected chi connectivity index (χ2v) is 6.41. The van der Waals surface area contributed by atoms with Gasteiger partial charge >= 0.3 is 6.18 Å². The molecule has 0 bridgehead atoms. The summed E-state index contributed by atoms with van der Waals surface area (Å²) in [4.78, 5) is 11.7. The lowest BCUT2D eigenvalue weighted by atomic mass is 9.94. The molecule has 0 unspecified atom stereocenters. The Morgan fingerprint density at radius 2 is 1.78 bits per heavy atom. The minimum absolute atomic E-state index is 0.0321. The van der Waals surface area contributed by atoms with Crippen LogP contribution in [0.1, 0.15) is 31.9 Å². The average molecular weight is 322 g/mol. The number of benzene rings is 2. The third-order valence-electron chi connectivity index (χ3n) is 4.18. The molecule has 3 nitrogen and oxygen atoms in total. The monoisotopic (exact) mass is 322 g/mol. The van der Waals surface area contributed by atoms with E-state index in [1.165, 1.54) is 6.07 Å². The number of carbonyl (C=O) groups is 1. The van der Waals surface area contributed by atoms with Gasteiger partial charge in [-0.15, -0.1) is 0 Å². The van der Waals surface area contributed by atoms with Crippen molar-refractivity contribution in [3.05, 3.63) is 48.0 Å². The van der Waals surface area contributed by atoms with E-state index in [2.05, 4.69) is 5.43 Å². The van der Waals surface area contributed by atoms with E-state index in [0.717, 1.165) is 10.4 Å². The summed E-state index contributed by atoms with van der Waals surface area (Å²) in [7, 11) is 0. The third kappa shape index (κ3) is 2.79. The van der Waals surface area contributed by atoms with Crippen molar-refractivity contribution < 1.29 is 18.0 Å². The van der Waals surface area contributed by atoms with E-state index in [4.69, 9.17) is 0 Å². The Hall–Kier alpha value is -2.08. The van der Waals surface area contributed by atoms with Crippen LogP contribution in [0.5, 0.6) is 0 Å². The highest BCUT2D eigenvalue weighted by molar-refractivity contribution is 5.86. The van der Waals surface area contributed by atoms with Crippen LogP contribution in [-0.4, -0.2) is 22.6 Å². The predicted octanol–water partition coefficient (Wildman–Crippen LogP) is 3.96. The Labute approximate surface area is 132 Å². The first-order valence-electron chi connectivity index (χ1n) is 7.33. The predicted molar refractivity (Wildman–Crippen MR) is 81.4 cm³/mol. The van der Waals surface area contributed by atoms with E-state index in [9.17, 15) is 18.0 Å². The molecule has 0 aliphatic carbocycles. The fourth-order valence-corrected chi connectivity index (χ4v) is 3.17. The molecule has 122 valence electrons. The summed E-state index contributed by atoms with van der Waals surface area (Å²) in [5.74, 6) is -0.399. The maximum absolute atomic E-state index is 13.9. The van der Waals surface area contributed by atoms with Crippen molar-refractivity contribution in [3.8, 4) is 0 Å². The first-order valence-corrected chi connectivity index (χ1v) is 7.33. The van der Waals surface area contributed by atoms with Crippen molar-refractivity contribution in [3.63, 3.8) is 0 Å². The number of nitrogens with zero attached hydrogens (tertiary/aromatic N) is 1. The molecule has 2 aromatic carbocycles. The van der Waals surface area contributed by atoms with Gasteiger partial charge in [0, 0.05) is 12.0 Å². The molecule has 0 saturated carbocycles. The van der Waals surface area contributed by atoms with Crippen molar-refractivity contribution in [2.75, 3.05) is 0 Å². The topological polar surface area (TPSA) is 32.3 Å². The number of alkyl halides is 3. The molecule has 0 aromatic heterocycles. The summed E-state index contributed by atoms with van der Waals surface area (Å²) in [6, 6.07) is 9.93. The van der Waals surface area contributed by atoms with Crippen LogP contribution in [0.25, 0.3) is 10.8 Å². The van der Waals surface area contributed by atoms with Crippen LogP contribution in [0.15, 0.2) is 42.5 Å². The molecule has 23 heavy (non-hydrogen) atoms. The summed E-state index contributed by atoms with van der Waals surface area (Å²) < 4.78 is 41.6. The van der Waals surface area contributed by atoms with Crippen molar-refractivity contribution >= 4 is 16.7 Å². The lowest BCUT2D eigenvalue weighted by molar-refractivity contribution is -0.203. The van der Waals surface area contributed by atoms with Gasteiger partial charge in [-0.1, -0.05) is 42.5 Å². The lowest BCUT2D eigenvalue weighted by Crippen LogP contribution is -2.51. The number of hydrogen-bond acceptors (Lipinski definition) is 2. The van der Waals surface area contributed by atoms with Gasteiger partial charge in [-0.25, -0.2) is 0 Å². The SMILES string of the molecule is CC1(C)CC(=O)NN1[C@@H](c1cccc2ccccc12)C(F)(F)F. The summed E-state index contributed by atoms with van der Waals surface area (Å²) in [5, 5.41) is 2.31. The third-order valence-corrected chi connectivity index (χ3v) is 4.18. The second-order valence-electron chi connectivity index (χ2n) is 6.41. The van der Waals surface area contributed by atoms with E-state index in [1.54, 1.807) is 50.2 Å². The van der Waals surface area contributed by atoms with Gasteiger partial charge in [0.25, 0.3) is 0 Å². The summed E-state index contributed by atoms with van der Waals surface area (Å²) in [6.07, 6.45) is -4.48. The van der Waals surface area contributed by atoms with Crippen molar-refractivity contribution in [1.29, 1.82) is 0 Å². The minimum Gasteiger partial charge on any atom is -0.287 e. The Morgan fingerprint density at radius 3 is 2.39 bits per heavy atom. The van der Waals surface area contributed by atoms with Gasteiger partial charge in [-0.2, -0.15) is 18.2 Å². The lowest BCUT2D eigenvalue weighted by Gasteiger charge is -2.38. The van der Waals surface area contributed by atoms with Crippen LogP contribution in [0.4, 0.5) is 13.2 Å². The number of carbonyl (C=O) groups excluding carboxylic acids is 1. The molecule has 1 aliphatic heterocycles. The van der Waals surface area contributed by atoms with E-state index < -0.39 is 23.7 Å². The number of rotatable bonds is 2. The van der Waals surface area contributed by atoms with Crippen LogP contribution in [0.3, 0.4) is 0 Å². The molecular formula is C17H17F3N2O. The highest BCUT2D eigenvalue weighted by atomic mass is 19.4. The molecule has 1 fully saturated rings. The van der Waals surface area contributed by atoms with Crippen LogP contribution in [0, 0.1) is 0 Å². The largest absolute Gasteiger partial charge is 0.409 e. The summed E-state index contributed by atoms with van der Waals surface area (Å²) >= 11 is 0. The van der Waals surface area contributed by atoms with Gasteiger partial charge < -0.3 is 0 Å². The average Bonchev–Trinajstić information content (AvgIpc) is 2.71. The van der Waals surface area contributed by atoms with Gasteiger partial charge in [0.05, 0.1) is 0 Å². The molecule has 1 saturated heterocycles. The highest BCUT2D eigenvalue weighted by Crippen LogP contribution is 2.44. The number of fused-ring (bicyclic) bond motifs is 1. The number of halogens is 3. The Bertz CT molecular complexity index is 750. The van der Waals surface area contributed by atoms with E-state index in [-0.39, 0.29) is 12.0 Å². The molecule has 2 aromatic rings. The Balaban J connectivity index is 2.19. The number of hydrogen-bond donors (Lipinski definition) is 1. The smallest absolute Gasteiger partial charge is 0.287 e. The fourth-order valence-electron chi connectivity index (χ4n) is 3.17. The van der Waals surface area contributed by atoms with Crippen LogP contribution in [0.2, 0.25) is 0 Å². The van der Waals surface area contributed by atoms with Crippen molar-refractivity contribution in [2.45, 2.75) is 38.0 Å². The van der Waals surface area contributed by atoms with Gasteiger partial charge in [0.2, 0.25) is 5.91 Å². The van der Waals surface area contributed by atoms with Gasteiger partial charge in [0.1, 0.15) is 0 Å². The highest BCUT2D eigenvalue weighted by Gasteiger charge is 2.53. The molecule has 6 heteroatoms. The molecule has 3 rings (SSSR count). The molecule has 1 heterocycles. The molecule has 0 spiro atoms. The van der Waals surface area contributed by atoms with Gasteiger partial charge in [-0.3, -0.25) is 10.2 Å². The maximum atomic E-state index is 13.9. The summed E-state index contributed by atoms with van der Waals surface area (Å²) in [5.41, 5.74) is 1.61. The van der Waals surface area contributed by atoms with Crippen molar-refractivity contribution in [1.82, 2.24) is 10.4 Å². The Kier molecular flexibility index (Phi) is 3.59. The zero-order valence-corrected chi connectivity index (χ0v) is 12.8. The number of amides is 1. The number of nitrogens with one attached hydrogen (secondary N) is 1. The molecule has 1 amide bonds. The van der Waals surface area contributed by atoms with Gasteiger partial charge in [0.15, 0.2) is 6.04 Å². The normalized spacial score (nSPS) is 19.8. The van der Waals surface area contributed by atoms with Gasteiger partial charge in [-0.05, 0) is 30.2 Å². The van der Waals surface area contributed by atoms with Crippen LogP contribution >= 0.6 is 0 Å². The van der Waals surface area contributed by atoms with Crippen LogP contribution < -0.4 is 5.43 Å². The first-order chi connectivity index (χ1) is 10.7. The standard InChI is InChI=1S/C17H17F3N2O/c1-16(2)10-14(23)21-22(16)15(17(18,19)20)13-9-5-7-11-6-3-4-8-12(11)13/h3-9,15H,10H2,1-2H3,(H,21,23)/t15-/m0/s1. The Morgan fingerprint density at radius 1 is 1.13 bits per heavy atom. The van der Waals surface area contributed by atoms with Crippen molar-refractivity contribution in [2.24, 2.45) is 0 Å². The molecule has 1 aliphatic rings. The fraction of sp³-hybridized carbons (Fsp3) is 0.353. The molecule has 1 N–H and O–H groups in total. The second kappa shape index (κ2) is 5.23. The minimum atomic E-state index is -4.51. The molecule has 1 atom stereocenters. The number of hydrazine groups is 1. The molecular weight excluding hydrogens is 305 g/mol. The zero-order valence-electron chi connectivity index (χ0n) is 12.8. The van der Waals surface area contributed by atoms with E-state index in [1.807, 2.05) is 0 Å². The molecule has 0 radical (unpaired) electrons. The van der Waals surface area contributed by atoms with Crippen LogP contribution in [-0.2, 0) is 4.79 Å². The maximum Gasteiger partial charge on any atom is 0.409 e. The quantitative estimate of drug-likeness (QED) is 0.908. The summed E-state index contributed by atoms with van der Waals surface area (Å²) in [6.45, 7) is 3.27. The zero-order chi connectivity index (χ0) is 16.8. The van der Waals surface area contributed by atoms with E-state index >= 15 is 0 Å². The first kappa shape index (κ1) is 15.8.